The Bertz CT molecular complexity index is 315. The monoisotopic (exact) mass is 267 g/mol. The third-order valence-electron chi connectivity index (χ3n) is 2.84. The van der Waals surface area contributed by atoms with E-state index in [1.54, 1.807) is 7.11 Å². The number of nitrogens with one attached hydrogen (secondary N) is 1. The molecule has 0 atom stereocenters. The molecule has 1 aromatic carbocycles. The van der Waals surface area contributed by atoms with E-state index in [0.29, 0.717) is 6.54 Å². The van der Waals surface area contributed by atoms with Gasteiger partial charge in [0.2, 0.25) is 0 Å². The number of hydrogen-bond donors (Lipinski definition) is 1. The molecule has 0 aliphatic heterocycles. The predicted molar refractivity (Wildman–Crippen MR) is 81.3 cm³/mol. The molecule has 0 fully saturated rings. The largest absolute Gasteiger partial charge is 0.494 e. The van der Waals surface area contributed by atoms with Gasteiger partial charge in [-0.15, -0.1) is 0 Å². The number of unbranched alkanes of at least 4 members (excludes halogenated alkanes) is 4. The van der Waals surface area contributed by atoms with Crippen LogP contribution in [-0.4, -0.2) is 13.7 Å². The van der Waals surface area contributed by atoms with Crippen molar-refractivity contribution in [2.45, 2.75) is 53.0 Å². The Labute approximate surface area is 118 Å². The van der Waals surface area contributed by atoms with Crippen LogP contribution in [0.25, 0.3) is 0 Å². The molecular formula is C16H29NO2. The summed E-state index contributed by atoms with van der Waals surface area (Å²) in [6, 6.07) is 8.12. The summed E-state index contributed by atoms with van der Waals surface area (Å²) in [7, 11) is 1.62. The van der Waals surface area contributed by atoms with Crippen molar-refractivity contribution < 1.29 is 9.57 Å². The van der Waals surface area contributed by atoms with Crippen LogP contribution >= 0.6 is 0 Å². The summed E-state index contributed by atoms with van der Waals surface area (Å²) in [4.78, 5) is 4.83. The van der Waals surface area contributed by atoms with Crippen molar-refractivity contribution in [2.75, 3.05) is 13.7 Å². The molecule has 0 amide bonds. The first-order valence-corrected chi connectivity index (χ1v) is 6.84. The Morgan fingerprint density at radius 2 is 1.89 bits per heavy atom. The van der Waals surface area contributed by atoms with Gasteiger partial charge in [0.05, 0.1) is 13.7 Å². The zero-order chi connectivity index (χ0) is 13.1. The quantitative estimate of drug-likeness (QED) is 0.506. The smallest absolute Gasteiger partial charge is 0.119 e. The average Bonchev–Trinajstić information content (AvgIpc) is 2.41. The molecule has 0 bridgehead atoms. The lowest BCUT2D eigenvalue weighted by Crippen LogP contribution is -2.10. The first kappa shape index (κ1) is 17.9. The molecule has 0 aliphatic carbocycles. The molecule has 19 heavy (non-hydrogen) atoms. The number of rotatable bonds is 10. The Hall–Kier alpha value is -1.06. The van der Waals surface area contributed by atoms with Crippen molar-refractivity contribution in [1.82, 2.24) is 5.48 Å². The lowest BCUT2D eigenvalue weighted by atomic mass is 10.2. The average molecular weight is 267 g/mol. The van der Waals surface area contributed by atoms with Gasteiger partial charge in [0.15, 0.2) is 0 Å². The first-order valence-electron chi connectivity index (χ1n) is 6.84. The van der Waals surface area contributed by atoms with Crippen molar-refractivity contribution in [3.8, 4) is 5.75 Å². The van der Waals surface area contributed by atoms with Crippen LogP contribution in [0.5, 0.6) is 5.75 Å². The van der Waals surface area contributed by atoms with Crippen LogP contribution in [0.2, 0.25) is 0 Å². The lowest BCUT2D eigenvalue weighted by Gasteiger charge is -2.08. The zero-order valence-corrected chi connectivity index (χ0v) is 11.6. The molecule has 0 saturated carbocycles. The molecule has 0 aliphatic rings. The summed E-state index contributed by atoms with van der Waals surface area (Å²) in [5.74, 6) is 0.945. The topological polar surface area (TPSA) is 30.5 Å². The molecule has 110 valence electrons. The minimum atomic E-state index is 0. The molecule has 3 nitrogen and oxygen atoms in total. The zero-order valence-electron chi connectivity index (χ0n) is 11.6. The van der Waals surface area contributed by atoms with E-state index in [-0.39, 0.29) is 7.43 Å². The van der Waals surface area contributed by atoms with Gasteiger partial charge in [-0.3, -0.25) is 0 Å². The Kier molecular flexibility index (Phi) is 11.3. The second kappa shape index (κ2) is 12.0. The highest BCUT2D eigenvalue weighted by Gasteiger charge is 1.97. The van der Waals surface area contributed by atoms with Gasteiger partial charge in [-0.05, 0) is 24.1 Å². The highest BCUT2D eigenvalue weighted by Crippen LogP contribution is 2.14. The number of benzene rings is 1. The van der Waals surface area contributed by atoms with Crippen LogP contribution in [0, 0.1) is 0 Å². The second-order valence-electron chi connectivity index (χ2n) is 4.44. The first-order chi connectivity index (χ1) is 8.86. The van der Waals surface area contributed by atoms with Crippen molar-refractivity contribution in [3.05, 3.63) is 29.8 Å². The third kappa shape index (κ3) is 8.62. The van der Waals surface area contributed by atoms with Gasteiger partial charge in [-0.2, -0.15) is 5.48 Å². The highest BCUT2D eigenvalue weighted by molar-refractivity contribution is 5.28. The number of hydrogen-bond acceptors (Lipinski definition) is 3. The van der Waals surface area contributed by atoms with E-state index < -0.39 is 0 Å². The molecule has 0 saturated heterocycles. The fourth-order valence-electron chi connectivity index (χ4n) is 1.80. The normalized spacial score (nSPS) is 10.0. The van der Waals surface area contributed by atoms with Crippen LogP contribution in [0.15, 0.2) is 24.3 Å². The maximum atomic E-state index is 5.74. The molecule has 3 heteroatoms. The molecule has 0 heterocycles. The van der Waals surface area contributed by atoms with Gasteiger partial charge in [0, 0.05) is 6.54 Å². The number of ether oxygens (including phenoxy) is 1. The fourth-order valence-corrected chi connectivity index (χ4v) is 1.80. The Morgan fingerprint density at radius 1 is 1.11 bits per heavy atom. The van der Waals surface area contributed by atoms with Crippen LogP contribution in [0.3, 0.4) is 0 Å². The van der Waals surface area contributed by atoms with Crippen molar-refractivity contribution >= 4 is 0 Å². The van der Waals surface area contributed by atoms with Gasteiger partial charge in [0.1, 0.15) is 5.75 Å². The molecule has 0 unspecified atom stereocenters. The molecule has 0 spiro atoms. The van der Waals surface area contributed by atoms with Gasteiger partial charge in [-0.25, -0.2) is 0 Å². The maximum Gasteiger partial charge on any atom is 0.119 e. The molecule has 1 N–H and O–H groups in total. The molecular weight excluding hydrogens is 238 g/mol. The summed E-state index contributed by atoms with van der Waals surface area (Å²) in [5.41, 5.74) is 3.99. The predicted octanol–water partition coefficient (Wildman–Crippen LogP) is 4.32. The van der Waals surface area contributed by atoms with E-state index in [2.05, 4.69) is 24.5 Å². The van der Waals surface area contributed by atoms with E-state index in [4.69, 9.17) is 9.57 Å². The molecule has 1 aromatic rings. The van der Waals surface area contributed by atoms with E-state index in [1.165, 1.54) is 31.2 Å². The summed E-state index contributed by atoms with van der Waals surface area (Å²) in [6.07, 6.45) is 6.34. The van der Waals surface area contributed by atoms with Crippen LogP contribution in [0.4, 0.5) is 0 Å². The summed E-state index contributed by atoms with van der Waals surface area (Å²) >= 11 is 0. The van der Waals surface area contributed by atoms with Crippen molar-refractivity contribution in [3.63, 3.8) is 0 Å². The van der Waals surface area contributed by atoms with Crippen LogP contribution < -0.4 is 10.2 Å². The second-order valence-corrected chi connectivity index (χ2v) is 4.44. The van der Waals surface area contributed by atoms with Gasteiger partial charge < -0.3 is 9.57 Å². The standard InChI is InChI=1S/C15H25NO2.CH4/c1-3-4-5-6-7-11-18-15-10-8-9-14(12-15)13-16-17-2;/h8-10,12,16H,3-7,11,13H2,1-2H3;1H4. The van der Waals surface area contributed by atoms with Crippen molar-refractivity contribution in [1.29, 1.82) is 0 Å². The number of hydroxylamine groups is 1. The Balaban J connectivity index is 0.00000324. The molecule has 1 rings (SSSR count). The summed E-state index contributed by atoms with van der Waals surface area (Å²) in [5, 5.41) is 0. The SMILES string of the molecule is C.CCCCCCCOc1cccc(CNOC)c1. The third-order valence-corrected chi connectivity index (χ3v) is 2.84. The van der Waals surface area contributed by atoms with E-state index in [0.717, 1.165) is 18.8 Å². The lowest BCUT2D eigenvalue weighted by molar-refractivity contribution is 0.0866. The minimum absolute atomic E-state index is 0. The van der Waals surface area contributed by atoms with E-state index in [1.807, 2.05) is 12.1 Å². The maximum absolute atomic E-state index is 5.74. The molecule has 0 aromatic heterocycles. The van der Waals surface area contributed by atoms with Gasteiger partial charge in [0.25, 0.3) is 0 Å². The van der Waals surface area contributed by atoms with Crippen molar-refractivity contribution in [2.24, 2.45) is 0 Å². The highest BCUT2D eigenvalue weighted by atomic mass is 16.6. The van der Waals surface area contributed by atoms with Crippen LogP contribution in [-0.2, 0) is 11.4 Å². The minimum Gasteiger partial charge on any atom is -0.494 e. The van der Waals surface area contributed by atoms with E-state index in [9.17, 15) is 0 Å². The molecule has 0 radical (unpaired) electrons. The Morgan fingerprint density at radius 3 is 2.63 bits per heavy atom. The van der Waals surface area contributed by atoms with Gasteiger partial charge in [-0.1, -0.05) is 52.2 Å². The summed E-state index contributed by atoms with van der Waals surface area (Å²) < 4.78 is 5.74. The van der Waals surface area contributed by atoms with Gasteiger partial charge >= 0.3 is 0 Å². The fraction of sp³-hybridized carbons (Fsp3) is 0.625. The van der Waals surface area contributed by atoms with E-state index >= 15 is 0 Å². The summed E-state index contributed by atoms with van der Waals surface area (Å²) in [6.45, 7) is 3.74. The van der Waals surface area contributed by atoms with Crippen LogP contribution in [0.1, 0.15) is 52.0 Å².